The van der Waals surface area contributed by atoms with Crippen molar-refractivity contribution in [1.82, 2.24) is 10.2 Å². The largest absolute Gasteiger partial charge is 0.493 e. The van der Waals surface area contributed by atoms with Crippen LogP contribution in [0, 0.1) is 24.2 Å². The van der Waals surface area contributed by atoms with Crippen molar-refractivity contribution in [2.24, 2.45) is 11.7 Å². The third-order valence-electron chi connectivity index (χ3n) is 5.78. The van der Waals surface area contributed by atoms with Crippen molar-refractivity contribution < 1.29 is 23.7 Å². The number of rotatable bonds is 8. The third-order valence-corrected chi connectivity index (χ3v) is 5.78. The molecule has 0 bridgehead atoms. The molecule has 1 aromatic heterocycles. The number of nitrogens with two attached hydrogens (primary N) is 1. The predicted molar refractivity (Wildman–Crippen MR) is 132 cm³/mol. The van der Waals surface area contributed by atoms with Crippen molar-refractivity contribution in [3.8, 4) is 23.4 Å². The van der Waals surface area contributed by atoms with Gasteiger partial charge in [0.25, 0.3) is 0 Å². The lowest BCUT2D eigenvalue weighted by Gasteiger charge is -2.24. The number of ether oxygens (including phenoxy) is 4. The molecule has 0 aliphatic carbocycles. The van der Waals surface area contributed by atoms with Gasteiger partial charge >= 0.3 is 5.97 Å². The number of aromatic nitrogens is 2. The van der Waals surface area contributed by atoms with Crippen molar-refractivity contribution in [1.29, 1.82) is 5.26 Å². The zero-order chi connectivity index (χ0) is 25.8. The Kier molecular flexibility index (Phi) is 7.15. The smallest absolute Gasteiger partial charge is 0.338 e. The van der Waals surface area contributed by atoms with E-state index in [1.54, 1.807) is 25.3 Å². The molecule has 0 spiro atoms. The summed E-state index contributed by atoms with van der Waals surface area (Å²) in [6, 6.07) is 14.7. The number of methoxy groups -OCH3 is 1. The van der Waals surface area contributed by atoms with Crippen LogP contribution in [-0.4, -0.2) is 29.9 Å². The minimum atomic E-state index is -0.470. The van der Waals surface area contributed by atoms with Gasteiger partial charge in [-0.1, -0.05) is 32.0 Å². The van der Waals surface area contributed by atoms with Crippen LogP contribution in [0.25, 0.3) is 0 Å². The van der Waals surface area contributed by atoms with Gasteiger partial charge in [-0.15, -0.1) is 5.10 Å². The molecule has 1 aliphatic rings. The molecule has 9 heteroatoms. The van der Waals surface area contributed by atoms with Crippen LogP contribution >= 0.6 is 0 Å². The van der Waals surface area contributed by atoms with E-state index in [4.69, 9.17) is 24.7 Å². The number of esters is 1. The van der Waals surface area contributed by atoms with Gasteiger partial charge in [0, 0.05) is 11.3 Å². The molecule has 3 aromatic rings. The Hall–Kier alpha value is -4.45. The Balaban J connectivity index is 1.57. The van der Waals surface area contributed by atoms with Gasteiger partial charge in [0.2, 0.25) is 11.8 Å². The maximum atomic E-state index is 12.2. The van der Waals surface area contributed by atoms with E-state index in [1.165, 1.54) is 0 Å². The number of hydrogen-bond acceptors (Lipinski definition) is 8. The average molecular weight is 489 g/mol. The van der Waals surface area contributed by atoms with Gasteiger partial charge in [0.05, 0.1) is 25.2 Å². The summed E-state index contributed by atoms with van der Waals surface area (Å²) >= 11 is 0. The molecule has 2 aromatic carbocycles. The summed E-state index contributed by atoms with van der Waals surface area (Å²) in [5.41, 5.74) is 9.98. The maximum Gasteiger partial charge on any atom is 0.338 e. The zero-order valence-corrected chi connectivity index (χ0v) is 20.6. The molecule has 186 valence electrons. The molecule has 0 unspecified atom stereocenters. The van der Waals surface area contributed by atoms with Crippen molar-refractivity contribution in [2.75, 3.05) is 13.7 Å². The van der Waals surface area contributed by atoms with E-state index in [0.717, 1.165) is 22.4 Å². The van der Waals surface area contributed by atoms with Gasteiger partial charge in [-0.25, -0.2) is 4.79 Å². The molecule has 0 saturated heterocycles. The van der Waals surface area contributed by atoms with Gasteiger partial charge in [-0.2, -0.15) is 5.26 Å². The summed E-state index contributed by atoms with van der Waals surface area (Å²) < 4.78 is 22.4. The molecule has 4 rings (SSSR count). The van der Waals surface area contributed by atoms with Crippen molar-refractivity contribution in [2.45, 2.75) is 33.3 Å². The number of nitriles is 1. The molecule has 0 amide bonds. The van der Waals surface area contributed by atoms with Crippen LogP contribution in [0.1, 0.15) is 52.5 Å². The van der Waals surface area contributed by atoms with Crippen LogP contribution in [-0.2, 0) is 11.3 Å². The van der Waals surface area contributed by atoms with E-state index in [2.05, 4.69) is 16.3 Å². The van der Waals surface area contributed by atoms with Gasteiger partial charge in [0.15, 0.2) is 11.5 Å². The lowest BCUT2D eigenvalue weighted by Crippen LogP contribution is -2.21. The number of hydrogen-bond donors (Lipinski definition) is 2. The highest BCUT2D eigenvalue weighted by molar-refractivity contribution is 5.89. The second-order valence-electron chi connectivity index (χ2n) is 8.88. The van der Waals surface area contributed by atoms with E-state index in [9.17, 15) is 10.1 Å². The first-order valence-corrected chi connectivity index (χ1v) is 11.5. The maximum absolute atomic E-state index is 12.2. The number of aromatic amines is 1. The first-order chi connectivity index (χ1) is 17.3. The molecule has 36 heavy (non-hydrogen) atoms. The first kappa shape index (κ1) is 24.7. The summed E-state index contributed by atoms with van der Waals surface area (Å²) in [5.74, 6) is 0.859. The monoisotopic (exact) mass is 488 g/mol. The van der Waals surface area contributed by atoms with E-state index in [1.807, 2.05) is 45.0 Å². The normalized spacial score (nSPS) is 14.6. The van der Waals surface area contributed by atoms with Crippen LogP contribution < -0.4 is 19.9 Å². The molecular weight excluding hydrogens is 460 g/mol. The third kappa shape index (κ3) is 4.98. The highest BCUT2D eigenvalue weighted by Gasteiger charge is 2.34. The number of nitrogens with one attached hydrogen (secondary N) is 1. The Morgan fingerprint density at radius 3 is 2.64 bits per heavy atom. The van der Waals surface area contributed by atoms with Crippen LogP contribution in [0.2, 0.25) is 0 Å². The fourth-order valence-corrected chi connectivity index (χ4v) is 3.94. The second-order valence-corrected chi connectivity index (χ2v) is 8.88. The fraction of sp³-hybridized carbons (Fsp3) is 0.296. The molecule has 0 saturated carbocycles. The summed E-state index contributed by atoms with van der Waals surface area (Å²) in [7, 11) is 1.56. The molecule has 0 radical (unpaired) electrons. The molecule has 1 atom stereocenters. The Morgan fingerprint density at radius 1 is 1.22 bits per heavy atom. The lowest BCUT2D eigenvalue weighted by molar-refractivity contribution is 0.0459. The molecule has 0 fully saturated rings. The molecule has 3 N–H and O–H groups in total. The number of aryl methyl sites for hydroxylation is 1. The molecule has 1 aliphatic heterocycles. The number of carbonyl (C=O) groups excluding carboxylic acids is 1. The number of benzene rings is 2. The summed E-state index contributed by atoms with van der Waals surface area (Å²) in [6.07, 6.45) is 0. The Bertz CT molecular complexity index is 1340. The van der Waals surface area contributed by atoms with Crippen molar-refractivity contribution in [3.05, 3.63) is 81.9 Å². The van der Waals surface area contributed by atoms with Crippen LogP contribution in [0.4, 0.5) is 0 Å². The van der Waals surface area contributed by atoms with Crippen LogP contribution in [0.15, 0.2) is 53.9 Å². The highest BCUT2D eigenvalue weighted by atomic mass is 16.5. The minimum absolute atomic E-state index is 0.0202. The Labute approximate surface area is 209 Å². The lowest BCUT2D eigenvalue weighted by atomic mass is 9.84. The first-order valence-electron chi connectivity index (χ1n) is 11.5. The number of carbonyl (C=O) groups is 1. The van der Waals surface area contributed by atoms with Crippen LogP contribution in [0.5, 0.6) is 17.4 Å². The standard InChI is InChI=1S/C27H28N4O5/c1-15(2)13-35-27(32)18-7-5-17(6-8-18)14-34-22-11-19(9-10-21(22)33-4)24-20(12-28)25(29)36-26-23(24)16(3)30-31-26/h5-11,15,24H,13-14,29H2,1-4H3,(H,30,31)/t24-/m1/s1. The average Bonchev–Trinajstić information content (AvgIpc) is 3.24. The van der Waals surface area contributed by atoms with Crippen molar-refractivity contribution in [3.63, 3.8) is 0 Å². The van der Waals surface area contributed by atoms with Gasteiger partial charge in [-0.3, -0.25) is 5.10 Å². The van der Waals surface area contributed by atoms with Crippen molar-refractivity contribution >= 4 is 5.97 Å². The Morgan fingerprint density at radius 2 is 1.97 bits per heavy atom. The van der Waals surface area contributed by atoms with E-state index in [-0.39, 0.29) is 24.4 Å². The topological polar surface area (TPSA) is 132 Å². The second kappa shape index (κ2) is 10.4. The quantitative estimate of drug-likeness (QED) is 0.448. The summed E-state index contributed by atoms with van der Waals surface area (Å²) in [6.45, 7) is 6.46. The minimum Gasteiger partial charge on any atom is -0.493 e. The SMILES string of the molecule is COc1ccc([C@@H]2C(C#N)=C(N)Oc3n[nH]c(C)c32)cc1OCc1ccc(C(=O)OCC(C)C)cc1. The summed E-state index contributed by atoms with van der Waals surface area (Å²) in [4.78, 5) is 12.2. The van der Waals surface area contributed by atoms with Gasteiger partial charge in [-0.05, 0) is 48.2 Å². The molecule has 2 heterocycles. The molecule has 9 nitrogen and oxygen atoms in total. The predicted octanol–water partition coefficient (Wildman–Crippen LogP) is 4.34. The van der Waals surface area contributed by atoms with Crippen LogP contribution in [0.3, 0.4) is 0 Å². The van der Waals surface area contributed by atoms with E-state index in [0.29, 0.717) is 35.1 Å². The van der Waals surface area contributed by atoms with Gasteiger partial charge in [0.1, 0.15) is 18.2 Å². The van der Waals surface area contributed by atoms with E-state index >= 15 is 0 Å². The summed E-state index contributed by atoms with van der Waals surface area (Å²) in [5, 5.41) is 16.9. The highest BCUT2D eigenvalue weighted by Crippen LogP contribution is 2.44. The fourth-order valence-electron chi connectivity index (χ4n) is 3.94. The molecular formula is C27H28N4O5. The number of nitrogens with zero attached hydrogens (tertiary/aromatic N) is 2. The number of allylic oxidation sites excluding steroid dienone is 1. The number of H-pyrrole nitrogens is 1. The van der Waals surface area contributed by atoms with E-state index < -0.39 is 5.92 Å². The zero-order valence-electron chi connectivity index (χ0n) is 20.6. The van der Waals surface area contributed by atoms with Gasteiger partial charge < -0.3 is 24.7 Å². The number of fused-ring (bicyclic) bond motifs is 1.